The van der Waals surface area contributed by atoms with Crippen molar-refractivity contribution in [2.45, 2.75) is 59.7 Å². The van der Waals surface area contributed by atoms with Gasteiger partial charge in [-0.05, 0) is 64.8 Å². The molecule has 1 aliphatic heterocycles. The van der Waals surface area contributed by atoms with Gasteiger partial charge in [-0.3, -0.25) is 13.9 Å². The van der Waals surface area contributed by atoms with Gasteiger partial charge in [0.1, 0.15) is 25.8 Å². The number of fused-ring (bicyclic) bond motifs is 1. The number of rotatable bonds is 9. The van der Waals surface area contributed by atoms with E-state index in [4.69, 9.17) is 9.47 Å². The Labute approximate surface area is 219 Å². The Morgan fingerprint density at radius 3 is 2.32 bits per heavy atom. The van der Waals surface area contributed by atoms with Gasteiger partial charge in [0.25, 0.3) is 0 Å². The maximum Gasteiger partial charge on any atom is 0.244 e. The van der Waals surface area contributed by atoms with E-state index in [1.807, 2.05) is 52.0 Å². The molecule has 1 heterocycles. The summed E-state index contributed by atoms with van der Waals surface area (Å²) in [5.74, 6) is -0.0801. The van der Waals surface area contributed by atoms with E-state index < -0.39 is 34.1 Å². The quantitative estimate of drug-likeness (QED) is 0.533. The van der Waals surface area contributed by atoms with Crippen molar-refractivity contribution in [1.29, 1.82) is 0 Å². The zero-order valence-corrected chi connectivity index (χ0v) is 23.2. The van der Waals surface area contributed by atoms with E-state index in [0.717, 1.165) is 15.4 Å². The smallest absolute Gasteiger partial charge is 0.244 e. The van der Waals surface area contributed by atoms with Gasteiger partial charge in [0.05, 0.1) is 11.4 Å². The third-order valence-electron chi connectivity index (χ3n) is 6.06. The lowest BCUT2D eigenvalue weighted by atomic mass is 10.1. The Hall–Kier alpha value is -3.27. The van der Waals surface area contributed by atoms with Crippen LogP contribution in [0.3, 0.4) is 0 Å². The number of hydrogen-bond acceptors (Lipinski definition) is 6. The van der Waals surface area contributed by atoms with Gasteiger partial charge in [-0.1, -0.05) is 24.3 Å². The summed E-state index contributed by atoms with van der Waals surface area (Å²) in [7, 11) is -3.84. The van der Waals surface area contributed by atoms with Crippen LogP contribution in [-0.2, 0) is 26.2 Å². The molecular formula is C27H37N3O6S. The minimum Gasteiger partial charge on any atom is -0.486 e. The van der Waals surface area contributed by atoms with Gasteiger partial charge in [0.15, 0.2) is 11.5 Å². The van der Waals surface area contributed by atoms with Crippen molar-refractivity contribution in [3.8, 4) is 11.5 Å². The molecule has 0 saturated heterocycles. The average Bonchev–Trinajstić information content (AvgIpc) is 2.84. The molecule has 1 atom stereocenters. The molecule has 9 nitrogen and oxygen atoms in total. The second kappa shape index (κ2) is 11.4. The summed E-state index contributed by atoms with van der Waals surface area (Å²) < 4.78 is 38.5. The van der Waals surface area contributed by atoms with Crippen molar-refractivity contribution in [1.82, 2.24) is 10.2 Å². The summed E-state index contributed by atoms with van der Waals surface area (Å²) in [5.41, 5.74) is 1.64. The first-order chi connectivity index (χ1) is 17.3. The number of nitrogens with zero attached hydrogens (tertiary/aromatic N) is 2. The third kappa shape index (κ3) is 7.15. The van der Waals surface area contributed by atoms with Crippen LogP contribution in [0, 0.1) is 6.92 Å². The number of ether oxygens (including phenoxy) is 2. The summed E-state index contributed by atoms with van der Waals surface area (Å²) in [5, 5.41) is 2.92. The van der Waals surface area contributed by atoms with E-state index in [1.54, 1.807) is 25.1 Å². The number of carbonyl (C=O) groups excluding carboxylic acids is 2. The molecular weight excluding hydrogens is 494 g/mol. The maximum absolute atomic E-state index is 13.8. The van der Waals surface area contributed by atoms with Crippen molar-refractivity contribution >= 4 is 27.5 Å². The lowest BCUT2D eigenvalue weighted by Crippen LogP contribution is -2.54. The average molecular weight is 532 g/mol. The highest BCUT2D eigenvalue weighted by Gasteiger charge is 2.32. The molecule has 1 aliphatic rings. The van der Waals surface area contributed by atoms with Crippen molar-refractivity contribution in [3.05, 3.63) is 53.6 Å². The number of benzene rings is 2. The van der Waals surface area contributed by atoms with Crippen LogP contribution >= 0.6 is 0 Å². The topological polar surface area (TPSA) is 105 Å². The van der Waals surface area contributed by atoms with Crippen LogP contribution in [0.5, 0.6) is 11.5 Å². The second-order valence-electron chi connectivity index (χ2n) is 10.1. The molecule has 0 bridgehead atoms. The van der Waals surface area contributed by atoms with Crippen molar-refractivity contribution in [2.24, 2.45) is 0 Å². The van der Waals surface area contributed by atoms with Gasteiger partial charge in [0.2, 0.25) is 21.8 Å². The predicted molar refractivity (Wildman–Crippen MR) is 143 cm³/mol. The lowest BCUT2D eigenvalue weighted by molar-refractivity contribution is -0.140. The van der Waals surface area contributed by atoms with E-state index in [0.29, 0.717) is 30.4 Å². The van der Waals surface area contributed by atoms with Crippen LogP contribution in [0.25, 0.3) is 0 Å². The van der Waals surface area contributed by atoms with Gasteiger partial charge >= 0.3 is 0 Å². The molecule has 0 radical (unpaired) electrons. The number of carbonyl (C=O) groups is 2. The van der Waals surface area contributed by atoms with Crippen molar-refractivity contribution in [3.63, 3.8) is 0 Å². The Kier molecular flexibility index (Phi) is 8.73. The standard InChI is InChI=1S/C27H37N3O6S/c1-7-37(33,34)30(22-12-13-23-24(16-22)36-15-14-35-23)18-25(31)29(17-21-11-9-8-10-19(21)2)20(3)26(32)28-27(4,5)6/h8-13,16,20H,7,14-15,17-18H2,1-6H3,(H,28,32)/t20-/m1/s1. The summed E-state index contributed by atoms with van der Waals surface area (Å²) in [6.45, 7) is 11.1. The highest BCUT2D eigenvalue weighted by molar-refractivity contribution is 7.92. The molecule has 0 spiro atoms. The van der Waals surface area contributed by atoms with E-state index in [-0.39, 0.29) is 18.2 Å². The molecule has 2 amide bonds. The van der Waals surface area contributed by atoms with Crippen LogP contribution in [0.1, 0.15) is 45.7 Å². The normalized spacial score (nSPS) is 14.0. The van der Waals surface area contributed by atoms with E-state index in [1.165, 1.54) is 11.8 Å². The predicted octanol–water partition coefficient (Wildman–Crippen LogP) is 3.25. The third-order valence-corrected chi connectivity index (χ3v) is 7.80. The fourth-order valence-corrected chi connectivity index (χ4v) is 4.99. The van der Waals surface area contributed by atoms with Gasteiger partial charge in [0, 0.05) is 18.2 Å². The summed E-state index contributed by atoms with van der Waals surface area (Å²) in [6, 6.07) is 11.6. The van der Waals surface area contributed by atoms with Crippen LogP contribution in [-0.4, -0.2) is 62.2 Å². The molecule has 202 valence electrons. The molecule has 10 heteroatoms. The fourth-order valence-electron chi connectivity index (χ4n) is 3.93. The van der Waals surface area contributed by atoms with Gasteiger partial charge in [-0.15, -0.1) is 0 Å². The molecule has 0 unspecified atom stereocenters. The molecule has 0 aliphatic carbocycles. The number of nitrogens with one attached hydrogen (secondary N) is 1. The number of aryl methyl sites for hydroxylation is 1. The minimum absolute atomic E-state index is 0.158. The first-order valence-corrected chi connectivity index (χ1v) is 14.0. The van der Waals surface area contributed by atoms with Crippen LogP contribution in [0.15, 0.2) is 42.5 Å². The molecule has 2 aromatic carbocycles. The van der Waals surface area contributed by atoms with Gasteiger partial charge < -0.3 is 19.7 Å². The molecule has 37 heavy (non-hydrogen) atoms. The highest BCUT2D eigenvalue weighted by Crippen LogP contribution is 2.35. The highest BCUT2D eigenvalue weighted by atomic mass is 32.2. The first-order valence-electron chi connectivity index (χ1n) is 12.4. The maximum atomic E-state index is 13.8. The monoisotopic (exact) mass is 531 g/mol. The number of anilines is 1. The van der Waals surface area contributed by atoms with Crippen LogP contribution < -0.4 is 19.1 Å². The Balaban J connectivity index is 1.97. The number of amides is 2. The SMILES string of the molecule is CCS(=O)(=O)N(CC(=O)N(Cc1ccccc1C)[C@H](C)C(=O)NC(C)(C)C)c1ccc2c(c1)OCCO2. The number of sulfonamides is 1. The van der Waals surface area contributed by atoms with E-state index in [2.05, 4.69) is 5.32 Å². The van der Waals surface area contributed by atoms with Gasteiger partial charge in [-0.25, -0.2) is 8.42 Å². The molecule has 0 saturated carbocycles. The van der Waals surface area contributed by atoms with Crippen LogP contribution in [0.2, 0.25) is 0 Å². The van der Waals surface area contributed by atoms with Crippen molar-refractivity contribution < 1.29 is 27.5 Å². The van der Waals surface area contributed by atoms with Crippen molar-refractivity contribution in [2.75, 3.05) is 29.8 Å². The minimum atomic E-state index is -3.84. The first kappa shape index (κ1) is 28.3. The molecule has 1 N–H and O–H groups in total. The van der Waals surface area contributed by atoms with Crippen LogP contribution in [0.4, 0.5) is 5.69 Å². The molecule has 0 fully saturated rings. The largest absolute Gasteiger partial charge is 0.486 e. The fraction of sp³-hybridized carbons (Fsp3) is 0.481. The van der Waals surface area contributed by atoms with E-state index >= 15 is 0 Å². The lowest BCUT2D eigenvalue weighted by Gasteiger charge is -2.34. The Morgan fingerprint density at radius 2 is 1.70 bits per heavy atom. The molecule has 2 aromatic rings. The zero-order chi connectivity index (χ0) is 27.4. The summed E-state index contributed by atoms with van der Waals surface area (Å²) >= 11 is 0. The van der Waals surface area contributed by atoms with Gasteiger partial charge in [-0.2, -0.15) is 0 Å². The molecule has 3 rings (SSSR count). The Bertz CT molecular complexity index is 1240. The molecule has 0 aromatic heterocycles. The zero-order valence-electron chi connectivity index (χ0n) is 22.4. The van der Waals surface area contributed by atoms with E-state index in [9.17, 15) is 18.0 Å². The summed E-state index contributed by atoms with van der Waals surface area (Å²) in [4.78, 5) is 28.3. The number of hydrogen-bond donors (Lipinski definition) is 1. The Morgan fingerprint density at radius 1 is 1.05 bits per heavy atom. The second-order valence-corrected chi connectivity index (χ2v) is 12.3. The summed E-state index contributed by atoms with van der Waals surface area (Å²) in [6.07, 6.45) is 0.